The summed E-state index contributed by atoms with van der Waals surface area (Å²) in [5.41, 5.74) is 8.99. The Labute approximate surface area is 451 Å². The monoisotopic (exact) mass is 1080 g/mol. The van der Waals surface area contributed by atoms with Gasteiger partial charge in [0.05, 0.1) is 54.1 Å². The third kappa shape index (κ3) is 13.4. The molecule has 1 saturated heterocycles. The number of ether oxygens (including phenoxy) is 3. The second kappa shape index (κ2) is 24.6. The number of carbonyl (C=O) groups is 4. The van der Waals surface area contributed by atoms with Gasteiger partial charge in [-0.15, -0.1) is 32.9 Å². The van der Waals surface area contributed by atoms with Crippen LogP contribution >= 0.6 is 34.3 Å². The van der Waals surface area contributed by atoms with Crippen LogP contribution in [0.2, 0.25) is 5.02 Å². The highest BCUT2D eigenvalue weighted by atomic mass is 35.5. The van der Waals surface area contributed by atoms with Crippen LogP contribution in [-0.2, 0) is 35.2 Å². The van der Waals surface area contributed by atoms with Gasteiger partial charge in [-0.3, -0.25) is 28.7 Å². The van der Waals surface area contributed by atoms with Gasteiger partial charge in [0.15, 0.2) is 5.82 Å². The van der Waals surface area contributed by atoms with Gasteiger partial charge in [-0.25, -0.2) is 4.98 Å². The first kappa shape index (κ1) is 54.9. The van der Waals surface area contributed by atoms with E-state index in [4.69, 9.17) is 30.8 Å². The summed E-state index contributed by atoms with van der Waals surface area (Å²) in [6, 6.07) is 21.0. The average Bonchev–Trinajstić information content (AvgIpc) is 4.19. The lowest BCUT2D eigenvalue weighted by Crippen LogP contribution is -2.58. The number of fused-ring (bicyclic) bond motifs is 3. The topological polar surface area (TPSA) is 191 Å². The molecule has 3 aromatic heterocycles. The molecule has 396 valence electrons. The first-order valence-electron chi connectivity index (χ1n) is 25.4. The minimum atomic E-state index is -0.852. The van der Waals surface area contributed by atoms with Crippen molar-refractivity contribution in [3.05, 3.63) is 133 Å². The first-order chi connectivity index (χ1) is 36.0. The molecule has 0 bridgehead atoms. The Balaban J connectivity index is 0.728. The Morgan fingerprint density at radius 3 is 2.28 bits per heavy atom. The normalized spacial score (nSPS) is 16.1. The molecule has 75 heavy (non-hydrogen) atoms. The fourth-order valence-corrected chi connectivity index (χ4v) is 11.4. The summed E-state index contributed by atoms with van der Waals surface area (Å²) in [4.78, 5) is 67.6. The summed E-state index contributed by atoms with van der Waals surface area (Å²) in [5.74, 6) is 0.957. The Morgan fingerprint density at radius 1 is 0.853 bits per heavy atom. The van der Waals surface area contributed by atoms with E-state index in [1.807, 2.05) is 124 Å². The lowest BCUT2D eigenvalue weighted by atomic mass is 9.85. The third-order valence-corrected chi connectivity index (χ3v) is 15.9. The van der Waals surface area contributed by atoms with E-state index in [2.05, 4.69) is 45.0 Å². The molecule has 2 aliphatic rings. The van der Waals surface area contributed by atoms with Crippen molar-refractivity contribution in [3.63, 3.8) is 0 Å². The minimum absolute atomic E-state index is 0.0773. The van der Waals surface area contributed by atoms with Crippen molar-refractivity contribution in [2.24, 2.45) is 10.4 Å². The molecule has 6 aromatic rings. The molecular formula is C56H66ClN9O7S2. The molecular weight excluding hydrogens is 1010 g/mol. The molecule has 1 fully saturated rings. The number of amides is 4. The predicted molar refractivity (Wildman–Crippen MR) is 293 cm³/mol. The lowest BCUT2D eigenvalue weighted by Gasteiger charge is -2.35. The van der Waals surface area contributed by atoms with E-state index in [0.29, 0.717) is 62.2 Å². The van der Waals surface area contributed by atoms with Gasteiger partial charge in [-0.05, 0) is 99.4 Å². The van der Waals surface area contributed by atoms with Crippen molar-refractivity contribution >= 4 is 63.6 Å². The van der Waals surface area contributed by atoms with Crippen LogP contribution < -0.4 is 20.7 Å². The van der Waals surface area contributed by atoms with Gasteiger partial charge in [0, 0.05) is 47.1 Å². The van der Waals surface area contributed by atoms with E-state index in [1.165, 1.54) is 4.88 Å². The molecule has 4 atom stereocenters. The van der Waals surface area contributed by atoms with Crippen molar-refractivity contribution in [3.8, 4) is 21.2 Å². The first-order valence-corrected chi connectivity index (χ1v) is 27.4. The molecule has 5 heterocycles. The molecule has 16 nitrogen and oxygen atoms in total. The number of halogens is 1. The van der Waals surface area contributed by atoms with Crippen LogP contribution in [0.3, 0.4) is 0 Å². The number of carbonyl (C=O) groups excluding carboxylic acids is 4. The Hall–Kier alpha value is -6.31. The van der Waals surface area contributed by atoms with Gasteiger partial charge in [0.1, 0.15) is 41.3 Å². The van der Waals surface area contributed by atoms with Crippen molar-refractivity contribution < 1.29 is 33.4 Å². The number of aromatic nitrogens is 4. The second-order valence-corrected chi connectivity index (χ2v) is 22.6. The molecule has 4 amide bonds. The molecule has 8 rings (SSSR count). The number of aliphatic imine (C=N–C) groups is 1. The molecule has 3 N–H and O–H groups in total. The van der Waals surface area contributed by atoms with E-state index in [9.17, 15) is 19.2 Å². The molecule has 1 unspecified atom stereocenters. The van der Waals surface area contributed by atoms with Crippen LogP contribution in [0.4, 0.5) is 0 Å². The van der Waals surface area contributed by atoms with Crippen LogP contribution in [-0.4, -0.2) is 106 Å². The molecule has 0 spiro atoms. The fourth-order valence-electron chi connectivity index (χ4n) is 9.26. The third-order valence-electron chi connectivity index (χ3n) is 13.5. The maximum absolute atomic E-state index is 14.0. The number of benzene rings is 3. The highest BCUT2D eigenvalue weighted by molar-refractivity contribution is 7.15. The molecule has 3 aromatic carbocycles. The number of nitrogens with one attached hydrogen (secondary N) is 3. The van der Waals surface area contributed by atoms with Crippen LogP contribution in [0.15, 0.2) is 83.3 Å². The van der Waals surface area contributed by atoms with Crippen molar-refractivity contribution in [2.45, 2.75) is 112 Å². The van der Waals surface area contributed by atoms with Crippen LogP contribution in [0.5, 0.6) is 5.75 Å². The van der Waals surface area contributed by atoms with Crippen molar-refractivity contribution in [1.29, 1.82) is 0 Å². The number of thiophene rings is 1. The SMILES string of the molecule is Cc1ncsc1-c1ccc(CNC(=O)[C@@H]2CCCN2C(=O)C(NC(=O)COCCOCCCOc2ccc([C@@H](C)NC(=O)C[C@@H]3N=C(c4ccc(Cl)cc4)c4c(sc(C)c4C)-n4c(C)nnc43)cc2)C(C)(C)C)cc1. The van der Waals surface area contributed by atoms with Gasteiger partial charge in [-0.1, -0.05) is 80.9 Å². The quantitative estimate of drug-likeness (QED) is 0.0586. The Kier molecular flexibility index (Phi) is 18.0. The van der Waals surface area contributed by atoms with Crippen LogP contribution in [0.1, 0.15) is 115 Å². The number of likely N-dealkylation sites (tertiary alicyclic amines) is 1. The highest BCUT2D eigenvalue weighted by Crippen LogP contribution is 2.40. The second-order valence-electron chi connectivity index (χ2n) is 20.1. The zero-order valence-corrected chi connectivity index (χ0v) is 46.2. The highest BCUT2D eigenvalue weighted by Gasteiger charge is 2.42. The maximum atomic E-state index is 14.0. The molecule has 19 heteroatoms. The Morgan fingerprint density at radius 2 is 1.57 bits per heavy atom. The number of thiazole rings is 1. The number of hydrogen-bond donors (Lipinski definition) is 3. The zero-order chi connectivity index (χ0) is 53.4. The molecule has 0 radical (unpaired) electrons. The standard InChI is InChI=1S/C56H66ClN9O7S2/c1-33-36(4)75-55-48(33)49(40-16-20-42(57)21-17-40)61-44(52-64-63-37(5)66(52)55)29-46(67)60-34(2)39-18-22-43(23-19-39)73-26-10-25-71-27-28-72-31-47(68)62-51(56(6,7)8)54(70)65-24-9-11-45(65)53(69)58-30-38-12-14-41(15-13-38)50-35(3)59-32-74-50/h12-23,32,34,44-45,51H,9-11,24-31H2,1-8H3,(H,58,69)(H,60,67)(H,62,68)/t34-,44+,45+,51?/m1/s1. The summed E-state index contributed by atoms with van der Waals surface area (Å²) >= 11 is 9.53. The van der Waals surface area contributed by atoms with Gasteiger partial charge < -0.3 is 35.1 Å². The minimum Gasteiger partial charge on any atom is -0.494 e. The number of nitrogens with zero attached hydrogens (tertiary/aromatic N) is 6. The van der Waals surface area contributed by atoms with Crippen LogP contribution in [0.25, 0.3) is 15.4 Å². The lowest BCUT2D eigenvalue weighted by molar-refractivity contribution is -0.144. The van der Waals surface area contributed by atoms with Crippen LogP contribution in [0, 0.1) is 33.1 Å². The van der Waals surface area contributed by atoms with E-state index in [1.54, 1.807) is 27.6 Å². The summed E-state index contributed by atoms with van der Waals surface area (Å²) in [7, 11) is 0. The van der Waals surface area contributed by atoms with E-state index in [0.717, 1.165) is 60.5 Å². The Bertz CT molecular complexity index is 3000. The summed E-state index contributed by atoms with van der Waals surface area (Å²) in [6.07, 6.45) is 1.95. The molecule has 2 aliphatic heterocycles. The van der Waals surface area contributed by atoms with Gasteiger partial charge in [0.25, 0.3) is 0 Å². The van der Waals surface area contributed by atoms with Gasteiger partial charge in [-0.2, -0.15) is 0 Å². The van der Waals surface area contributed by atoms with E-state index >= 15 is 0 Å². The predicted octanol–water partition coefficient (Wildman–Crippen LogP) is 9.14. The summed E-state index contributed by atoms with van der Waals surface area (Å²) < 4.78 is 19.3. The van der Waals surface area contributed by atoms with Gasteiger partial charge >= 0.3 is 0 Å². The average molecular weight is 1080 g/mol. The van der Waals surface area contributed by atoms with Gasteiger partial charge in [0.2, 0.25) is 23.6 Å². The number of hydrogen-bond acceptors (Lipinski definition) is 13. The van der Waals surface area contributed by atoms with Crippen molar-refractivity contribution in [1.82, 2.24) is 40.6 Å². The smallest absolute Gasteiger partial charge is 0.246 e. The van der Waals surface area contributed by atoms with E-state index in [-0.39, 0.29) is 50.0 Å². The maximum Gasteiger partial charge on any atom is 0.246 e. The zero-order valence-electron chi connectivity index (χ0n) is 43.8. The van der Waals surface area contributed by atoms with E-state index < -0.39 is 29.4 Å². The van der Waals surface area contributed by atoms with Crippen molar-refractivity contribution in [2.75, 3.05) is 39.6 Å². The number of aryl methyl sites for hydroxylation is 3. The summed E-state index contributed by atoms with van der Waals surface area (Å²) in [6.45, 7) is 17.6. The largest absolute Gasteiger partial charge is 0.494 e. The number of rotatable bonds is 21. The fraction of sp³-hybridized carbons (Fsp3) is 0.429. The molecule has 0 saturated carbocycles. The summed E-state index contributed by atoms with van der Waals surface area (Å²) in [5, 5.41) is 19.6. The molecule has 0 aliphatic carbocycles.